The fourth-order valence-corrected chi connectivity index (χ4v) is 2.77. The highest BCUT2D eigenvalue weighted by molar-refractivity contribution is 7.11. The maximum absolute atomic E-state index is 12.1. The lowest BCUT2D eigenvalue weighted by atomic mass is 10.2. The number of nitrogens with one attached hydrogen (secondary N) is 1. The average molecular weight is 373 g/mol. The van der Waals surface area contributed by atoms with Gasteiger partial charge in [-0.3, -0.25) is 4.79 Å². The summed E-state index contributed by atoms with van der Waals surface area (Å²) in [5.74, 6) is -1.14. The van der Waals surface area contributed by atoms with Crippen molar-refractivity contribution < 1.29 is 14.3 Å². The van der Waals surface area contributed by atoms with Crippen LogP contribution in [0.15, 0.2) is 30.3 Å². The number of benzene rings is 1. The van der Waals surface area contributed by atoms with E-state index in [-0.39, 0.29) is 21.0 Å². The van der Waals surface area contributed by atoms with E-state index in [0.717, 1.165) is 17.1 Å². The molecule has 0 spiro atoms. The van der Waals surface area contributed by atoms with Crippen molar-refractivity contribution in [3.05, 3.63) is 50.9 Å². The summed E-state index contributed by atoms with van der Waals surface area (Å²) in [5.41, 5.74) is 0.882. The standard InChI is InChI=1S/C15H14Cl2N2O3S/c1-2-10(14(20)18-8-9-6-4-3-5-7-9)22-15(21)12-11(16)13(17)23-19-12/h3-7,10H,2,8H2,1H3,(H,18,20)/t10-/m0/s1. The molecule has 2 rings (SSSR count). The number of esters is 1. The summed E-state index contributed by atoms with van der Waals surface area (Å²) >= 11 is 12.5. The number of hydrogen-bond donors (Lipinski definition) is 1. The Morgan fingerprint density at radius 3 is 2.57 bits per heavy atom. The first-order valence-electron chi connectivity index (χ1n) is 6.86. The van der Waals surface area contributed by atoms with E-state index in [9.17, 15) is 9.59 Å². The molecule has 0 aliphatic heterocycles. The molecule has 0 aliphatic rings. The van der Waals surface area contributed by atoms with Crippen molar-refractivity contribution >= 4 is 46.6 Å². The largest absolute Gasteiger partial charge is 0.447 e. The Kier molecular flexibility index (Phi) is 6.38. The highest BCUT2D eigenvalue weighted by Crippen LogP contribution is 2.30. The van der Waals surface area contributed by atoms with E-state index in [0.29, 0.717) is 13.0 Å². The predicted octanol–water partition coefficient (Wildman–Crippen LogP) is 3.70. The molecule has 0 bridgehead atoms. The molecule has 1 amide bonds. The van der Waals surface area contributed by atoms with E-state index < -0.39 is 12.1 Å². The minimum absolute atomic E-state index is 0.0428. The van der Waals surface area contributed by atoms with Gasteiger partial charge >= 0.3 is 5.97 Å². The summed E-state index contributed by atoms with van der Waals surface area (Å²) in [7, 11) is 0. The first-order valence-corrected chi connectivity index (χ1v) is 8.39. The molecule has 1 aromatic carbocycles. The molecule has 0 fully saturated rings. The zero-order valence-electron chi connectivity index (χ0n) is 12.2. The molecular weight excluding hydrogens is 359 g/mol. The van der Waals surface area contributed by atoms with Gasteiger partial charge < -0.3 is 10.1 Å². The second kappa shape index (κ2) is 8.29. The third-order valence-electron chi connectivity index (χ3n) is 3.01. The number of amides is 1. The van der Waals surface area contributed by atoms with Crippen LogP contribution in [-0.2, 0) is 16.1 Å². The SMILES string of the molecule is CC[C@H](OC(=O)c1nsc(Cl)c1Cl)C(=O)NCc1ccccc1. The monoisotopic (exact) mass is 372 g/mol. The number of hydrogen-bond acceptors (Lipinski definition) is 5. The topological polar surface area (TPSA) is 68.3 Å². The summed E-state index contributed by atoms with van der Waals surface area (Å²) in [6.45, 7) is 2.10. The Morgan fingerprint density at radius 1 is 1.30 bits per heavy atom. The quantitative estimate of drug-likeness (QED) is 0.784. The van der Waals surface area contributed by atoms with Crippen LogP contribution in [0.25, 0.3) is 0 Å². The van der Waals surface area contributed by atoms with Crippen LogP contribution >= 0.6 is 34.7 Å². The van der Waals surface area contributed by atoms with Gasteiger partial charge in [0.2, 0.25) is 0 Å². The zero-order chi connectivity index (χ0) is 16.8. The van der Waals surface area contributed by atoms with Gasteiger partial charge in [0.25, 0.3) is 5.91 Å². The number of carbonyl (C=O) groups is 2. The third kappa shape index (κ3) is 4.67. The van der Waals surface area contributed by atoms with Crippen LogP contribution < -0.4 is 5.32 Å². The molecule has 8 heteroatoms. The maximum Gasteiger partial charge on any atom is 0.360 e. The van der Waals surface area contributed by atoms with Gasteiger partial charge in [0, 0.05) is 6.54 Å². The van der Waals surface area contributed by atoms with Crippen molar-refractivity contribution in [3.63, 3.8) is 0 Å². The second-order valence-electron chi connectivity index (χ2n) is 4.62. The molecule has 1 aromatic heterocycles. The van der Waals surface area contributed by atoms with Gasteiger partial charge in [0.1, 0.15) is 9.36 Å². The number of nitrogens with zero attached hydrogens (tertiary/aromatic N) is 1. The number of rotatable bonds is 6. The molecule has 5 nitrogen and oxygen atoms in total. The van der Waals surface area contributed by atoms with Crippen LogP contribution in [0.1, 0.15) is 29.4 Å². The fourth-order valence-electron chi connectivity index (χ4n) is 1.79. The Morgan fingerprint density at radius 2 is 2.00 bits per heavy atom. The van der Waals surface area contributed by atoms with Gasteiger partial charge in [-0.15, -0.1) is 0 Å². The average Bonchev–Trinajstić information content (AvgIpc) is 2.90. The van der Waals surface area contributed by atoms with Crippen LogP contribution in [0.5, 0.6) is 0 Å². The van der Waals surface area contributed by atoms with Crippen LogP contribution in [0.4, 0.5) is 0 Å². The van der Waals surface area contributed by atoms with Crippen LogP contribution in [-0.4, -0.2) is 22.4 Å². The van der Waals surface area contributed by atoms with E-state index in [1.165, 1.54) is 0 Å². The number of aromatic nitrogens is 1. The maximum atomic E-state index is 12.1. The van der Waals surface area contributed by atoms with Crippen molar-refractivity contribution in [3.8, 4) is 0 Å². The summed E-state index contributed by atoms with van der Waals surface area (Å²) in [4.78, 5) is 24.2. The van der Waals surface area contributed by atoms with E-state index in [1.54, 1.807) is 6.92 Å². The lowest BCUT2D eigenvalue weighted by Gasteiger charge is -2.15. The van der Waals surface area contributed by atoms with Gasteiger partial charge in [0.15, 0.2) is 11.8 Å². The first kappa shape index (κ1) is 17.7. The molecule has 1 heterocycles. The molecule has 23 heavy (non-hydrogen) atoms. The van der Waals surface area contributed by atoms with E-state index in [1.807, 2.05) is 30.3 Å². The summed E-state index contributed by atoms with van der Waals surface area (Å²) in [6.07, 6.45) is -0.579. The highest BCUT2D eigenvalue weighted by Gasteiger charge is 2.25. The second-order valence-corrected chi connectivity index (χ2v) is 6.38. The molecular formula is C15H14Cl2N2O3S. The van der Waals surface area contributed by atoms with E-state index in [2.05, 4.69) is 9.69 Å². The van der Waals surface area contributed by atoms with Crippen LogP contribution in [0.3, 0.4) is 0 Å². The minimum atomic E-state index is -0.914. The van der Waals surface area contributed by atoms with Crippen molar-refractivity contribution in [2.24, 2.45) is 0 Å². The van der Waals surface area contributed by atoms with Crippen molar-refractivity contribution in [1.29, 1.82) is 0 Å². The van der Waals surface area contributed by atoms with Crippen molar-refractivity contribution in [2.45, 2.75) is 26.0 Å². The van der Waals surface area contributed by atoms with Gasteiger partial charge in [-0.05, 0) is 23.5 Å². The highest BCUT2D eigenvalue weighted by atomic mass is 35.5. The molecule has 0 radical (unpaired) electrons. The van der Waals surface area contributed by atoms with E-state index >= 15 is 0 Å². The molecule has 1 atom stereocenters. The molecule has 0 saturated carbocycles. The Hall–Kier alpha value is -1.63. The van der Waals surface area contributed by atoms with Crippen molar-refractivity contribution in [1.82, 2.24) is 9.69 Å². The van der Waals surface area contributed by atoms with Gasteiger partial charge in [-0.25, -0.2) is 4.79 Å². The molecule has 0 unspecified atom stereocenters. The Bertz CT molecular complexity index is 691. The van der Waals surface area contributed by atoms with Crippen molar-refractivity contribution in [2.75, 3.05) is 0 Å². The number of halogens is 2. The fraction of sp³-hybridized carbons (Fsp3) is 0.267. The number of ether oxygens (including phenoxy) is 1. The zero-order valence-corrected chi connectivity index (χ0v) is 14.5. The predicted molar refractivity (Wildman–Crippen MR) is 89.9 cm³/mol. The molecule has 2 aromatic rings. The summed E-state index contributed by atoms with van der Waals surface area (Å²) in [5, 5.41) is 2.78. The van der Waals surface area contributed by atoms with Gasteiger partial charge in [0.05, 0.1) is 0 Å². The third-order valence-corrected chi connectivity index (χ3v) is 4.62. The Labute approximate surface area is 147 Å². The molecule has 0 aliphatic carbocycles. The lowest BCUT2D eigenvalue weighted by Crippen LogP contribution is -2.37. The minimum Gasteiger partial charge on any atom is -0.447 e. The summed E-state index contributed by atoms with van der Waals surface area (Å²) in [6, 6.07) is 9.44. The number of carbonyl (C=O) groups excluding carboxylic acids is 2. The van der Waals surface area contributed by atoms with Crippen LogP contribution in [0, 0.1) is 0 Å². The molecule has 1 N–H and O–H groups in total. The first-order chi connectivity index (χ1) is 11.0. The van der Waals surface area contributed by atoms with Crippen LogP contribution in [0.2, 0.25) is 9.36 Å². The Balaban J connectivity index is 1.95. The smallest absolute Gasteiger partial charge is 0.360 e. The van der Waals surface area contributed by atoms with E-state index in [4.69, 9.17) is 27.9 Å². The van der Waals surface area contributed by atoms with Gasteiger partial charge in [-0.1, -0.05) is 60.5 Å². The normalized spacial score (nSPS) is 11.8. The van der Waals surface area contributed by atoms with Gasteiger partial charge in [-0.2, -0.15) is 4.37 Å². The lowest BCUT2D eigenvalue weighted by molar-refractivity contribution is -0.130. The summed E-state index contributed by atoms with van der Waals surface area (Å²) < 4.78 is 9.22. The molecule has 0 saturated heterocycles. The molecule has 122 valence electrons.